The molecule has 0 saturated carbocycles. The molecule has 6 nitrogen and oxygen atoms in total. The van der Waals surface area contributed by atoms with Gasteiger partial charge in [-0.3, -0.25) is 4.79 Å². The number of nitrogens with zero attached hydrogens (tertiary/aromatic N) is 3. The Balaban J connectivity index is 1.80. The number of rotatable bonds is 8. The Morgan fingerprint density at radius 1 is 1.03 bits per heavy atom. The maximum atomic E-state index is 12.7. The third-order valence-corrected chi connectivity index (χ3v) is 6.14. The number of nitrogens with one attached hydrogen (secondary N) is 2. The van der Waals surface area contributed by atoms with Crippen LogP contribution in [0.2, 0.25) is 0 Å². The standard InChI is InChI=1S/C29H35N5O/c1-19(35)26-22-10-7-8-11-23(22)31-27(26)28-32-24(18-25(33-28)30-16-9-17-34(5)6)20-12-14-21(15-13-20)29(2,3)4/h7-8,10-15,18,31H,9,16-17H2,1-6H3,(H,30,32,33). The van der Waals surface area contributed by atoms with E-state index in [2.05, 4.69) is 74.3 Å². The first-order chi connectivity index (χ1) is 16.6. The molecule has 35 heavy (non-hydrogen) atoms. The summed E-state index contributed by atoms with van der Waals surface area (Å²) >= 11 is 0. The normalized spacial score (nSPS) is 11.9. The monoisotopic (exact) mass is 469 g/mol. The van der Waals surface area contributed by atoms with Crippen LogP contribution in [0.5, 0.6) is 0 Å². The van der Waals surface area contributed by atoms with E-state index in [1.165, 1.54) is 5.56 Å². The summed E-state index contributed by atoms with van der Waals surface area (Å²) in [4.78, 5) is 28.0. The predicted octanol–water partition coefficient (Wildman–Crippen LogP) is 6.16. The number of ketones is 1. The molecule has 0 aliphatic rings. The first-order valence-electron chi connectivity index (χ1n) is 12.1. The molecule has 0 fully saturated rings. The number of carbonyl (C=O) groups is 1. The third-order valence-electron chi connectivity index (χ3n) is 6.14. The van der Waals surface area contributed by atoms with Crippen LogP contribution in [0.3, 0.4) is 0 Å². The first-order valence-corrected chi connectivity index (χ1v) is 12.1. The number of hydrogen-bond donors (Lipinski definition) is 2. The summed E-state index contributed by atoms with van der Waals surface area (Å²) in [6.45, 7) is 10.00. The van der Waals surface area contributed by atoms with Crippen LogP contribution < -0.4 is 5.32 Å². The predicted molar refractivity (Wildman–Crippen MR) is 145 cm³/mol. The van der Waals surface area contributed by atoms with Crippen LogP contribution in [-0.2, 0) is 5.41 Å². The minimum atomic E-state index is -0.0125. The number of anilines is 1. The molecule has 4 rings (SSSR count). The molecule has 182 valence electrons. The van der Waals surface area contributed by atoms with Gasteiger partial charge in [0, 0.05) is 29.1 Å². The third kappa shape index (κ3) is 5.60. The van der Waals surface area contributed by atoms with Crippen LogP contribution >= 0.6 is 0 Å². The smallest absolute Gasteiger partial charge is 0.179 e. The second kappa shape index (κ2) is 10.0. The van der Waals surface area contributed by atoms with Crippen molar-refractivity contribution in [2.45, 2.75) is 39.5 Å². The Labute approximate surface area is 207 Å². The van der Waals surface area contributed by atoms with Crippen LogP contribution in [0.25, 0.3) is 33.7 Å². The molecule has 0 saturated heterocycles. The first kappa shape index (κ1) is 24.6. The number of hydrogen-bond acceptors (Lipinski definition) is 5. The van der Waals surface area contributed by atoms with Gasteiger partial charge in [-0.25, -0.2) is 9.97 Å². The molecular formula is C29H35N5O. The molecule has 0 bridgehead atoms. The van der Waals surface area contributed by atoms with E-state index < -0.39 is 0 Å². The van der Waals surface area contributed by atoms with Crippen molar-refractivity contribution in [1.29, 1.82) is 0 Å². The van der Waals surface area contributed by atoms with Gasteiger partial charge in [0.1, 0.15) is 5.82 Å². The molecule has 0 radical (unpaired) electrons. The van der Waals surface area contributed by atoms with E-state index in [0.29, 0.717) is 17.1 Å². The van der Waals surface area contributed by atoms with Gasteiger partial charge in [0.15, 0.2) is 11.6 Å². The van der Waals surface area contributed by atoms with Gasteiger partial charge in [0.05, 0.1) is 17.0 Å². The van der Waals surface area contributed by atoms with E-state index >= 15 is 0 Å². The lowest BCUT2D eigenvalue weighted by molar-refractivity contribution is 0.102. The van der Waals surface area contributed by atoms with Gasteiger partial charge < -0.3 is 15.2 Å². The zero-order valence-electron chi connectivity index (χ0n) is 21.6. The fraction of sp³-hybridized carbons (Fsp3) is 0.345. The number of benzene rings is 2. The summed E-state index contributed by atoms with van der Waals surface area (Å²) in [7, 11) is 4.14. The highest BCUT2D eigenvalue weighted by Gasteiger charge is 2.20. The van der Waals surface area contributed by atoms with E-state index in [4.69, 9.17) is 9.97 Å². The molecular weight excluding hydrogens is 434 g/mol. The van der Waals surface area contributed by atoms with Crippen molar-refractivity contribution >= 4 is 22.5 Å². The summed E-state index contributed by atoms with van der Waals surface area (Å²) in [5, 5.41) is 4.35. The summed E-state index contributed by atoms with van der Waals surface area (Å²) in [6.07, 6.45) is 0.993. The molecule has 0 amide bonds. The lowest BCUT2D eigenvalue weighted by atomic mass is 9.86. The van der Waals surface area contributed by atoms with E-state index in [9.17, 15) is 4.79 Å². The van der Waals surface area contributed by atoms with Gasteiger partial charge in [0.25, 0.3) is 0 Å². The van der Waals surface area contributed by atoms with Crippen LogP contribution in [-0.4, -0.2) is 52.8 Å². The number of para-hydroxylation sites is 1. The molecule has 0 unspecified atom stereocenters. The zero-order valence-corrected chi connectivity index (χ0v) is 21.6. The van der Waals surface area contributed by atoms with Crippen LogP contribution in [0, 0.1) is 0 Å². The Morgan fingerprint density at radius 2 is 1.74 bits per heavy atom. The van der Waals surface area contributed by atoms with E-state index in [1.807, 2.05) is 30.3 Å². The molecule has 0 spiro atoms. The molecule has 4 aromatic rings. The summed E-state index contributed by atoms with van der Waals surface area (Å²) in [6, 6.07) is 18.4. The second-order valence-corrected chi connectivity index (χ2v) is 10.3. The van der Waals surface area contributed by atoms with Gasteiger partial charge in [0.2, 0.25) is 0 Å². The molecule has 0 aliphatic carbocycles. The minimum absolute atomic E-state index is 0.0125. The Bertz CT molecular complexity index is 1330. The van der Waals surface area contributed by atoms with Gasteiger partial charge in [-0.05, 0) is 51.0 Å². The van der Waals surface area contributed by atoms with E-state index in [-0.39, 0.29) is 11.2 Å². The number of fused-ring (bicyclic) bond motifs is 1. The number of carbonyl (C=O) groups excluding carboxylic acids is 1. The summed E-state index contributed by atoms with van der Waals surface area (Å²) in [5.41, 5.74) is 5.36. The quantitative estimate of drug-likeness (QED) is 0.239. The topological polar surface area (TPSA) is 73.9 Å². The number of Topliss-reactive ketones (excluding diaryl/α,β-unsaturated/α-hetero) is 1. The maximum Gasteiger partial charge on any atom is 0.179 e. The number of aromatic nitrogens is 3. The molecule has 2 aromatic heterocycles. The number of aromatic amines is 1. The fourth-order valence-corrected chi connectivity index (χ4v) is 4.23. The lowest BCUT2D eigenvalue weighted by Crippen LogP contribution is -2.16. The van der Waals surface area contributed by atoms with Crippen molar-refractivity contribution in [3.05, 3.63) is 65.7 Å². The average molecular weight is 470 g/mol. The lowest BCUT2D eigenvalue weighted by Gasteiger charge is -2.19. The van der Waals surface area contributed by atoms with Crippen molar-refractivity contribution in [3.63, 3.8) is 0 Å². The van der Waals surface area contributed by atoms with Gasteiger partial charge in [-0.15, -0.1) is 0 Å². The van der Waals surface area contributed by atoms with Crippen LogP contribution in [0.1, 0.15) is 50.0 Å². The van der Waals surface area contributed by atoms with Crippen molar-refractivity contribution in [2.75, 3.05) is 32.5 Å². The van der Waals surface area contributed by atoms with Crippen molar-refractivity contribution in [2.24, 2.45) is 0 Å². The highest BCUT2D eigenvalue weighted by molar-refractivity contribution is 6.11. The Hall–Kier alpha value is -3.51. The van der Waals surface area contributed by atoms with Crippen molar-refractivity contribution in [1.82, 2.24) is 19.9 Å². The Morgan fingerprint density at radius 3 is 2.40 bits per heavy atom. The van der Waals surface area contributed by atoms with Crippen LogP contribution in [0.15, 0.2) is 54.6 Å². The van der Waals surface area contributed by atoms with Gasteiger partial charge >= 0.3 is 0 Å². The van der Waals surface area contributed by atoms with E-state index in [1.54, 1.807) is 6.92 Å². The number of H-pyrrole nitrogens is 1. The molecule has 2 N–H and O–H groups in total. The molecule has 0 atom stereocenters. The molecule has 2 heterocycles. The van der Waals surface area contributed by atoms with Gasteiger partial charge in [-0.1, -0.05) is 63.2 Å². The van der Waals surface area contributed by atoms with E-state index in [0.717, 1.165) is 47.5 Å². The Kier molecular flexibility index (Phi) is 7.03. The van der Waals surface area contributed by atoms with Crippen molar-refractivity contribution < 1.29 is 4.79 Å². The SMILES string of the molecule is CC(=O)c1c(-c2nc(NCCCN(C)C)cc(-c3ccc(C(C)(C)C)cc3)n2)[nH]c2ccccc12. The highest BCUT2D eigenvalue weighted by atomic mass is 16.1. The van der Waals surface area contributed by atoms with Gasteiger partial charge in [-0.2, -0.15) is 0 Å². The largest absolute Gasteiger partial charge is 0.370 e. The van der Waals surface area contributed by atoms with Crippen LogP contribution in [0.4, 0.5) is 5.82 Å². The highest BCUT2D eigenvalue weighted by Crippen LogP contribution is 2.32. The maximum absolute atomic E-state index is 12.7. The van der Waals surface area contributed by atoms with Crippen molar-refractivity contribution in [3.8, 4) is 22.8 Å². The summed E-state index contributed by atoms with van der Waals surface area (Å²) in [5.74, 6) is 1.25. The fourth-order valence-electron chi connectivity index (χ4n) is 4.23. The molecule has 6 heteroatoms. The molecule has 0 aliphatic heterocycles. The minimum Gasteiger partial charge on any atom is -0.370 e. The summed E-state index contributed by atoms with van der Waals surface area (Å²) < 4.78 is 0. The zero-order chi connectivity index (χ0) is 25.2. The average Bonchev–Trinajstić information content (AvgIpc) is 3.21. The second-order valence-electron chi connectivity index (χ2n) is 10.3. The molecule has 2 aromatic carbocycles.